The molecule has 9 rings (SSSR count). The summed E-state index contributed by atoms with van der Waals surface area (Å²) in [5, 5.41) is 17.4. The van der Waals surface area contributed by atoms with Crippen LogP contribution < -0.4 is 37.4 Å². The molecule has 24 heteroatoms. The van der Waals surface area contributed by atoms with Gasteiger partial charge in [-0.2, -0.15) is 5.10 Å². The van der Waals surface area contributed by atoms with Crippen LogP contribution in [-0.4, -0.2) is 119 Å². The molecule has 6 aromatic rings. The number of fused-ring (bicyclic) bond motifs is 3. The van der Waals surface area contributed by atoms with Gasteiger partial charge in [0.1, 0.15) is 23.6 Å². The highest BCUT2D eigenvalue weighted by atomic mass is 32.2. The van der Waals surface area contributed by atoms with Crippen molar-refractivity contribution in [3.8, 4) is 0 Å². The smallest absolute Gasteiger partial charge is 0.284 e. The average Bonchev–Trinajstić information content (AvgIpc) is 4.21. The Kier molecular flexibility index (Phi) is 18.8. The second kappa shape index (κ2) is 26.5. The largest absolute Gasteiger partial charge is 0.476 e. The SMILES string of the molecule is CC(=NCC1CCCCC1)/C(=C\N)c1ccc(N2CCc3cccc(C(=O)Nc4nc5ccccc5s4)c3C2)nc1C(=O)NS(=O)(=O)CCCO/C(C=N[C@H](C(=O)N1CCC[C@H]1C(=O)NCc1cccc2c(=O)[nH]ncc12)C(C)C)=N/N. The number of H-pyrrole nitrogens is 1. The number of ether oxygens (including phenoxy) is 1. The van der Waals surface area contributed by atoms with Gasteiger partial charge in [-0.1, -0.05) is 80.8 Å². The summed E-state index contributed by atoms with van der Waals surface area (Å²) in [6, 6.07) is 20.2. The number of thiazole rings is 1. The number of carbonyl (C=O) groups is 4. The minimum Gasteiger partial charge on any atom is -0.476 e. The van der Waals surface area contributed by atoms with Crippen molar-refractivity contribution in [2.45, 2.75) is 104 Å². The maximum atomic E-state index is 14.4. The predicted octanol–water partition coefficient (Wildman–Crippen LogP) is 6.22. The number of amides is 4. The monoisotopic (exact) mass is 1150 g/mol. The number of aliphatic imine (C=N–C) groups is 2. The fourth-order valence-corrected chi connectivity index (χ4v) is 12.6. The summed E-state index contributed by atoms with van der Waals surface area (Å²) < 4.78 is 36.4. The number of sulfonamides is 1. The fourth-order valence-electron chi connectivity index (χ4n) is 10.8. The molecule has 430 valence electrons. The molecular formula is C58H68N14O8S2. The number of para-hydroxylation sites is 1. The maximum absolute atomic E-state index is 14.4. The van der Waals surface area contributed by atoms with E-state index in [9.17, 15) is 32.4 Å². The lowest BCUT2D eigenvalue weighted by molar-refractivity contribution is -0.140. The summed E-state index contributed by atoms with van der Waals surface area (Å²) >= 11 is 1.38. The van der Waals surface area contributed by atoms with Gasteiger partial charge >= 0.3 is 0 Å². The highest BCUT2D eigenvalue weighted by Crippen LogP contribution is 2.32. The lowest BCUT2D eigenvalue weighted by Crippen LogP contribution is -2.49. The highest BCUT2D eigenvalue weighted by Gasteiger charge is 2.38. The Morgan fingerprint density at radius 3 is 2.51 bits per heavy atom. The molecule has 1 aliphatic carbocycles. The predicted molar refractivity (Wildman–Crippen MR) is 319 cm³/mol. The lowest BCUT2D eigenvalue weighted by atomic mass is 9.89. The number of likely N-dealkylation sites (tertiary alicyclic amines) is 1. The number of anilines is 2. The van der Waals surface area contributed by atoms with Crippen molar-refractivity contribution in [1.82, 2.24) is 35.1 Å². The molecule has 0 radical (unpaired) electrons. The van der Waals surface area contributed by atoms with E-state index in [0.29, 0.717) is 94.5 Å². The number of hydrazone groups is 1. The summed E-state index contributed by atoms with van der Waals surface area (Å²) in [5.74, 6) is 3.43. The molecule has 3 aromatic carbocycles. The summed E-state index contributed by atoms with van der Waals surface area (Å²) in [6.07, 6.45) is 11.2. The van der Waals surface area contributed by atoms with Gasteiger partial charge < -0.3 is 31.4 Å². The molecule has 0 bridgehead atoms. The van der Waals surface area contributed by atoms with Crippen LogP contribution in [0.3, 0.4) is 0 Å². The number of nitrogens with one attached hydrogen (secondary N) is 4. The van der Waals surface area contributed by atoms with E-state index in [2.05, 4.69) is 40.6 Å². The normalized spacial score (nSPS) is 16.9. The minimum atomic E-state index is -4.32. The molecule has 1 saturated carbocycles. The first-order valence-corrected chi connectivity index (χ1v) is 30.1. The molecule has 0 spiro atoms. The molecule has 22 nitrogen and oxygen atoms in total. The van der Waals surface area contributed by atoms with E-state index in [0.717, 1.165) is 47.0 Å². The van der Waals surface area contributed by atoms with Gasteiger partial charge in [0, 0.05) is 66.7 Å². The Morgan fingerprint density at radius 2 is 1.73 bits per heavy atom. The number of aromatic nitrogens is 4. The van der Waals surface area contributed by atoms with Crippen LogP contribution in [0.5, 0.6) is 0 Å². The van der Waals surface area contributed by atoms with Crippen LogP contribution in [0.25, 0.3) is 26.6 Å². The van der Waals surface area contributed by atoms with Gasteiger partial charge in [-0.3, -0.25) is 39.3 Å². The van der Waals surface area contributed by atoms with Crippen LogP contribution in [0.15, 0.2) is 105 Å². The van der Waals surface area contributed by atoms with E-state index < -0.39 is 33.8 Å². The van der Waals surface area contributed by atoms with Gasteiger partial charge in [0.2, 0.25) is 27.7 Å². The van der Waals surface area contributed by atoms with Crippen molar-refractivity contribution in [1.29, 1.82) is 0 Å². The van der Waals surface area contributed by atoms with Crippen molar-refractivity contribution in [2.75, 3.05) is 42.2 Å². The lowest BCUT2D eigenvalue weighted by Gasteiger charge is -2.31. The van der Waals surface area contributed by atoms with E-state index in [1.165, 1.54) is 41.3 Å². The zero-order chi connectivity index (χ0) is 57.9. The van der Waals surface area contributed by atoms with Crippen LogP contribution in [-0.2, 0) is 43.9 Å². The number of nitrogens with zero attached hydrogens (tertiary/aromatic N) is 8. The third-order valence-electron chi connectivity index (χ3n) is 15.1. The van der Waals surface area contributed by atoms with Crippen LogP contribution in [0, 0.1) is 11.8 Å². The van der Waals surface area contributed by atoms with E-state index in [-0.39, 0.29) is 66.9 Å². The van der Waals surface area contributed by atoms with Gasteiger partial charge in [-0.25, -0.2) is 28.2 Å². The Hall–Kier alpha value is -8.38. The summed E-state index contributed by atoms with van der Waals surface area (Å²) in [7, 11) is -4.32. The first kappa shape index (κ1) is 58.3. The van der Waals surface area contributed by atoms with Crippen molar-refractivity contribution >= 4 is 100 Å². The average molecular weight is 1150 g/mol. The standard InChI is InChI=1S/C58H68N14O8S2/c1-35(2)51(57(77)72-25-11-20-47(72)55(75)63-31-39-16-10-17-41-44(39)32-64-69-54(41)74)62-33-50(68-60)80-27-12-28-82(78,79)70-56(76)52-40(43(29-59)36(3)61-30-37-13-5-4-6-14-37)22-23-49(66-52)71-26-24-38-15-9-18-42(45(38)34-71)53(73)67-58-65-46-19-7-8-21-48(46)81-58/h7-10,15-19,21-23,29,32-33,35,37,47,51H,4-6,11-14,20,24-28,30-31,34,59-60H2,1-3H3,(H,63,75)(H,69,74)(H,70,76)(H,65,67,73)/b43-29+,61-36?,62-33?,68-50+/t47-,51-/m0/s1. The van der Waals surface area contributed by atoms with Crippen molar-refractivity contribution in [3.63, 3.8) is 0 Å². The van der Waals surface area contributed by atoms with E-state index >= 15 is 0 Å². The zero-order valence-electron chi connectivity index (χ0n) is 46.1. The Morgan fingerprint density at radius 1 is 0.927 bits per heavy atom. The van der Waals surface area contributed by atoms with Gasteiger partial charge in [-0.05, 0) is 110 Å². The van der Waals surface area contributed by atoms with Crippen molar-refractivity contribution in [2.24, 2.45) is 38.5 Å². The van der Waals surface area contributed by atoms with Gasteiger partial charge in [0.15, 0.2) is 5.13 Å². The van der Waals surface area contributed by atoms with E-state index in [1.807, 2.05) is 62.1 Å². The number of benzene rings is 3. The third kappa shape index (κ3) is 13.8. The number of nitrogens with two attached hydrogens (primary N) is 2. The van der Waals surface area contributed by atoms with Gasteiger partial charge in [0.25, 0.3) is 17.4 Å². The Bertz CT molecular complexity index is 3630. The maximum Gasteiger partial charge on any atom is 0.284 e. The molecule has 3 aliphatic rings. The topological polar surface area (TPSA) is 315 Å². The second-order valence-corrected chi connectivity index (χ2v) is 23.9. The summed E-state index contributed by atoms with van der Waals surface area (Å²) in [4.78, 5) is 90.4. The summed E-state index contributed by atoms with van der Waals surface area (Å²) in [5.41, 5.74) is 10.8. The quantitative estimate of drug-likeness (QED) is 0.0162. The summed E-state index contributed by atoms with van der Waals surface area (Å²) in [6.45, 7) is 7.04. The fraction of sp³-hybridized carbons (Fsp3) is 0.397. The number of hydrogen-bond acceptors (Lipinski definition) is 18. The second-order valence-electron chi connectivity index (χ2n) is 21.0. The minimum absolute atomic E-state index is 0.109. The molecule has 1 saturated heterocycles. The number of carbonyl (C=O) groups excluding carboxylic acids is 4. The molecule has 2 atom stereocenters. The molecule has 4 amide bonds. The molecule has 8 N–H and O–H groups in total. The van der Waals surface area contributed by atoms with Crippen molar-refractivity contribution in [3.05, 3.63) is 129 Å². The number of rotatable bonds is 20. The Balaban J connectivity index is 0.850. The highest BCUT2D eigenvalue weighted by molar-refractivity contribution is 7.90. The molecule has 0 unspecified atom stereocenters. The van der Waals surface area contributed by atoms with E-state index in [4.69, 9.17) is 26.3 Å². The van der Waals surface area contributed by atoms with Gasteiger partial charge in [0.05, 0.1) is 40.4 Å². The number of aromatic amines is 1. The van der Waals surface area contributed by atoms with E-state index in [1.54, 1.807) is 36.4 Å². The molecular weight excluding hydrogens is 1080 g/mol. The number of allylic oxidation sites excluding steroid dienone is 1. The third-order valence-corrected chi connectivity index (χ3v) is 17.4. The van der Waals surface area contributed by atoms with Crippen LogP contribution in [0.2, 0.25) is 0 Å². The first-order chi connectivity index (χ1) is 39.6. The molecule has 2 aliphatic heterocycles. The molecule has 2 fully saturated rings. The number of pyridine rings is 1. The van der Waals surface area contributed by atoms with Crippen LogP contribution in [0.4, 0.5) is 10.9 Å². The first-order valence-electron chi connectivity index (χ1n) is 27.6. The zero-order valence-corrected chi connectivity index (χ0v) is 47.7. The molecule has 82 heavy (non-hydrogen) atoms. The number of hydrogen-bond donors (Lipinski definition) is 6. The van der Waals surface area contributed by atoms with Crippen LogP contribution in [0.1, 0.15) is 115 Å². The van der Waals surface area contributed by atoms with Gasteiger partial charge in [-0.15, -0.1) is 5.10 Å². The molecule has 3 aromatic heterocycles. The van der Waals surface area contributed by atoms with Crippen molar-refractivity contribution < 1.29 is 32.3 Å². The van der Waals surface area contributed by atoms with Crippen LogP contribution >= 0.6 is 11.3 Å². The molecule has 5 heterocycles. The Labute approximate surface area is 479 Å².